The predicted molar refractivity (Wildman–Crippen MR) is 94.9 cm³/mol. The van der Waals surface area contributed by atoms with Gasteiger partial charge in [0, 0.05) is 31.9 Å². The first kappa shape index (κ1) is 16.5. The van der Waals surface area contributed by atoms with Crippen LogP contribution in [0.15, 0.2) is 6.07 Å². The SMILES string of the molecule is Cc1cc2c(c(N3CCN(C)CC3)n1)C(=O)N(CN1CCCC1)C2=O. The summed E-state index contributed by atoms with van der Waals surface area (Å²) in [7, 11) is 2.10. The number of carbonyl (C=O) groups is 2. The summed E-state index contributed by atoms with van der Waals surface area (Å²) in [6.45, 7) is 7.72. The van der Waals surface area contributed by atoms with Gasteiger partial charge >= 0.3 is 0 Å². The number of hydrogen-bond acceptors (Lipinski definition) is 6. The number of likely N-dealkylation sites (tertiary alicyclic amines) is 1. The van der Waals surface area contributed by atoms with Gasteiger partial charge < -0.3 is 9.80 Å². The molecule has 2 saturated heterocycles. The molecule has 0 saturated carbocycles. The van der Waals surface area contributed by atoms with E-state index in [-0.39, 0.29) is 11.8 Å². The summed E-state index contributed by atoms with van der Waals surface area (Å²) >= 11 is 0. The van der Waals surface area contributed by atoms with Gasteiger partial charge in [0.2, 0.25) is 0 Å². The summed E-state index contributed by atoms with van der Waals surface area (Å²) in [5.41, 5.74) is 1.81. The number of pyridine rings is 1. The second-order valence-electron chi connectivity index (χ2n) is 7.31. The first-order chi connectivity index (χ1) is 12.0. The third-order valence-corrected chi connectivity index (χ3v) is 5.41. The number of likely N-dealkylation sites (N-methyl/N-ethyl adjacent to an activating group) is 1. The van der Waals surface area contributed by atoms with Gasteiger partial charge in [-0.15, -0.1) is 0 Å². The van der Waals surface area contributed by atoms with Crippen LogP contribution in [0.1, 0.15) is 39.3 Å². The van der Waals surface area contributed by atoms with E-state index in [0.717, 1.165) is 57.8 Å². The van der Waals surface area contributed by atoms with Gasteiger partial charge in [-0.1, -0.05) is 0 Å². The molecule has 0 unspecified atom stereocenters. The first-order valence-corrected chi connectivity index (χ1v) is 9.08. The molecule has 0 N–H and O–H groups in total. The van der Waals surface area contributed by atoms with Crippen LogP contribution in [-0.2, 0) is 0 Å². The fraction of sp³-hybridized carbons (Fsp3) is 0.611. The Morgan fingerprint density at radius 3 is 2.36 bits per heavy atom. The molecule has 1 aromatic heterocycles. The van der Waals surface area contributed by atoms with Crippen LogP contribution in [0.3, 0.4) is 0 Å². The van der Waals surface area contributed by atoms with Crippen LogP contribution < -0.4 is 4.90 Å². The monoisotopic (exact) mass is 343 g/mol. The average molecular weight is 343 g/mol. The van der Waals surface area contributed by atoms with Crippen molar-refractivity contribution in [2.24, 2.45) is 0 Å². The zero-order valence-corrected chi connectivity index (χ0v) is 15.0. The molecule has 25 heavy (non-hydrogen) atoms. The van der Waals surface area contributed by atoms with Gasteiger partial charge in [-0.25, -0.2) is 4.98 Å². The summed E-state index contributed by atoms with van der Waals surface area (Å²) in [6.07, 6.45) is 2.27. The topological polar surface area (TPSA) is 60.0 Å². The molecular weight excluding hydrogens is 318 g/mol. The highest BCUT2D eigenvalue weighted by atomic mass is 16.2. The lowest BCUT2D eigenvalue weighted by Crippen LogP contribution is -2.45. The fourth-order valence-corrected chi connectivity index (χ4v) is 3.91. The number of amides is 2. The number of aromatic nitrogens is 1. The third kappa shape index (κ3) is 2.91. The lowest BCUT2D eigenvalue weighted by atomic mass is 10.1. The standard InChI is InChI=1S/C18H25N5O2/c1-13-11-14-15(16(19-13)22-9-7-20(2)8-10-22)18(25)23(17(14)24)12-21-5-3-4-6-21/h11H,3-10,12H2,1-2H3. The molecule has 0 bridgehead atoms. The number of hydrogen-bond donors (Lipinski definition) is 0. The summed E-state index contributed by atoms with van der Waals surface area (Å²) < 4.78 is 0. The van der Waals surface area contributed by atoms with Crippen molar-refractivity contribution in [1.29, 1.82) is 0 Å². The minimum absolute atomic E-state index is 0.173. The highest BCUT2D eigenvalue weighted by molar-refractivity contribution is 6.23. The number of fused-ring (bicyclic) bond motifs is 1. The van der Waals surface area contributed by atoms with Crippen molar-refractivity contribution in [3.8, 4) is 0 Å². The lowest BCUT2D eigenvalue weighted by molar-refractivity contribution is 0.0564. The molecule has 0 spiro atoms. The Bertz CT molecular complexity index is 706. The molecule has 2 amide bonds. The van der Waals surface area contributed by atoms with Crippen LogP contribution >= 0.6 is 0 Å². The maximum atomic E-state index is 13.0. The van der Waals surface area contributed by atoms with E-state index in [0.29, 0.717) is 23.6 Å². The van der Waals surface area contributed by atoms with Gasteiger partial charge in [0.1, 0.15) is 5.82 Å². The van der Waals surface area contributed by atoms with E-state index in [1.165, 1.54) is 4.90 Å². The van der Waals surface area contributed by atoms with E-state index in [4.69, 9.17) is 0 Å². The Morgan fingerprint density at radius 2 is 1.68 bits per heavy atom. The Labute approximate surface area is 148 Å². The summed E-state index contributed by atoms with van der Waals surface area (Å²) in [5.74, 6) is 0.325. The van der Waals surface area contributed by atoms with Gasteiger partial charge in [-0.3, -0.25) is 19.4 Å². The van der Waals surface area contributed by atoms with Gasteiger partial charge in [0.05, 0.1) is 17.8 Å². The maximum Gasteiger partial charge on any atom is 0.266 e. The molecule has 1 aromatic rings. The zero-order chi connectivity index (χ0) is 17.6. The summed E-state index contributed by atoms with van der Waals surface area (Å²) in [4.78, 5) is 38.5. The van der Waals surface area contributed by atoms with Gasteiger partial charge in [-0.2, -0.15) is 0 Å². The van der Waals surface area contributed by atoms with Crippen LogP contribution in [0.5, 0.6) is 0 Å². The normalized spacial score (nSPS) is 22.2. The highest BCUT2D eigenvalue weighted by Crippen LogP contribution is 2.32. The fourth-order valence-electron chi connectivity index (χ4n) is 3.91. The van der Waals surface area contributed by atoms with Crippen LogP contribution in [0.25, 0.3) is 0 Å². The number of rotatable bonds is 3. The first-order valence-electron chi connectivity index (χ1n) is 9.08. The number of piperazine rings is 1. The minimum Gasteiger partial charge on any atom is -0.353 e. The number of nitrogens with zero attached hydrogens (tertiary/aromatic N) is 5. The molecule has 0 radical (unpaired) electrons. The third-order valence-electron chi connectivity index (χ3n) is 5.41. The summed E-state index contributed by atoms with van der Waals surface area (Å²) in [5, 5.41) is 0. The van der Waals surface area contributed by atoms with Crippen LogP contribution in [0.2, 0.25) is 0 Å². The molecule has 0 atom stereocenters. The minimum atomic E-state index is -0.187. The van der Waals surface area contributed by atoms with Crippen molar-refractivity contribution in [3.63, 3.8) is 0 Å². The number of anilines is 1. The Balaban J connectivity index is 1.66. The number of aryl methyl sites for hydroxylation is 1. The Morgan fingerprint density at radius 1 is 1.00 bits per heavy atom. The smallest absolute Gasteiger partial charge is 0.266 e. The van der Waals surface area contributed by atoms with Crippen molar-refractivity contribution in [2.45, 2.75) is 19.8 Å². The van der Waals surface area contributed by atoms with Gasteiger partial charge in [0.15, 0.2) is 0 Å². The van der Waals surface area contributed by atoms with Crippen molar-refractivity contribution in [1.82, 2.24) is 19.7 Å². The van der Waals surface area contributed by atoms with Crippen LogP contribution in [0, 0.1) is 6.92 Å². The van der Waals surface area contributed by atoms with E-state index in [2.05, 4.69) is 26.7 Å². The van der Waals surface area contributed by atoms with E-state index < -0.39 is 0 Å². The molecule has 7 heteroatoms. The number of carbonyl (C=O) groups excluding carboxylic acids is 2. The van der Waals surface area contributed by atoms with E-state index >= 15 is 0 Å². The zero-order valence-electron chi connectivity index (χ0n) is 15.0. The van der Waals surface area contributed by atoms with E-state index in [1.54, 1.807) is 6.07 Å². The lowest BCUT2D eigenvalue weighted by Gasteiger charge is -2.34. The quantitative estimate of drug-likeness (QED) is 0.757. The molecule has 134 valence electrons. The molecule has 3 aliphatic heterocycles. The second-order valence-corrected chi connectivity index (χ2v) is 7.31. The average Bonchev–Trinajstić information content (AvgIpc) is 3.18. The largest absolute Gasteiger partial charge is 0.353 e. The Kier molecular flexibility index (Phi) is 4.21. The number of imide groups is 1. The molecule has 4 rings (SSSR count). The molecule has 4 heterocycles. The predicted octanol–water partition coefficient (Wildman–Crippen LogP) is 0.791. The molecule has 3 aliphatic rings. The van der Waals surface area contributed by atoms with Crippen LogP contribution in [-0.4, -0.2) is 84.5 Å². The van der Waals surface area contributed by atoms with Gasteiger partial charge in [0.25, 0.3) is 11.8 Å². The highest BCUT2D eigenvalue weighted by Gasteiger charge is 2.40. The van der Waals surface area contributed by atoms with E-state index in [1.807, 2.05) is 6.92 Å². The molecular formula is C18H25N5O2. The van der Waals surface area contributed by atoms with Crippen molar-refractivity contribution < 1.29 is 9.59 Å². The summed E-state index contributed by atoms with van der Waals surface area (Å²) in [6, 6.07) is 1.76. The van der Waals surface area contributed by atoms with Gasteiger partial charge in [-0.05, 0) is 46.0 Å². The second kappa shape index (κ2) is 6.38. The van der Waals surface area contributed by atoms with Crippen molar-refractivity contribution in [3.05, 3.63) is 22.9 Å². The molecule has 0 aromatic carbocycles. The molecule has 7 nitrogen and oxygen atoms in total. The van der Waals surface area contributed by atoms with Crippen molar-refractivity contribution >= 4 is 17.6 Å². The maximum absolute atomic E-state index is 13.0. The molecule has 0 aliphatic carbocycles. The molecule has 2 fully saturated rings. The Hall–Kier alpha value is -1.99. The van der Waals surface area contributed by atoms with Crippen LogP contribution in [0.4, 0.5) is 5.82 Å². The van der Waals surface area contributed by atoms with Crippen molar-refractivity contribution in [2.75, 3.05) is 57.9 Å². The van der Waals surface area contributed by atoms with E-state index in [9.17, 15) is 9.59 Å².